The van der Waals surface area contributed by atoms with Gasteiger partial charge in [0, 0.05) is 13.0 Å². The van der Waals surface area contributed by atoms with Crippen LogP contribution < -0.4 is 5.32 Å². The summed E-state index contributed by atoms with van der Waals surface area (Å²) < 4.78 is 40.6. The molecule has 0 aliphatic heterocycles. The number of carboxylic acid groups (broad SMARTS) is 1. The van der Waals surface area contributed by atoms with Gasteiger partial charge in [0.25, 0.3) is 5.91 Å². The smallest absolute Gasteiger partial charge is 0.433 e. The van der Waals surface area contributed by atoms with Gasteiger partial charge in [0.05, 0.1) is 17.3 Å². The molecule has 0 aromatic carbocycles. The highest BCUT2D eigenvalue weighted by Crippen LogP contribution is 2.34. The number of hydrogen-bond donors (Lipinski definition) is 2. The number of carbonyl (C=O) groups is 2. The van der Waals surface area contributed by atoms with Crippen LogP contribution in [0, 0.1) is 5.92 Å². The quantitative estimate of drug-likeness (QED) is 0.866. The van der Waals surface area contributed by atoms with Crippen LogP contribution in [0.5, 0.6) is 0 Å². The van der Waals surface area contributed by atoms with Gasteiger partial charge in [-0.2, -0.15) is 18.3 Å². The van der Waals surface area contributed by atoms with Gasteiger partial charge < -0.3 is 10.4 Å². The Morgan fingerprint density at radius 1 is 1.35 bits per heavy atom. The molecular formula is C14H20F3N3O3. The summed E-state index contributed by atoms with van der Waals surface area (Å²) in [7, 11) is 0. The molecule has 6 nitrogen and oxygen atoms in total. The Balaban J connectivity index is 3.02. The Morgan fingerprint density at radius 3 is 2.35 bits per heavy atom. The maximum Gasteiger partial charge on any atom is 0.433 e. The number of rotatable bonds is 5. The van der Waals surface area contributed by atoms with Gasteiger partial charge in [-0.05, 0) is 26.7 Å². The van der Waals surface area contributed by atoms with E-state index in [1.54, 1.807) is 27.7 Å². The van der Waals surface area contributed by atoms with Crippen LogP contribution in [0.25, 0.3) is 0 Å². The van der Waals surface area contributed by atoms with Gasteiger partial charge >= 0.3 is 12.1 Å². The first-order valence-corrected chi connectivity index (χ1v) is 6.99. The summed E-state index contributed by atoms with van der Waals surface area (Å²) >= 11 is 0. The molecule has 0 bridgehead atoms. The SMILES string of the molecule is CC(CNC(=O)c1cnn(C(C)(C)C)c1C(F)(F)F)CC(=O)O. The van der Waals surface area contributed by atoms with Gasteiger partial charge in [-0.1, -0.05) is 6.92 Å². The Labute approximate surface area is 131 Å². The van der Waals surface area contributed by atoms with Gasteiger partial charge in [0.15, 0.2) is 5.69 Å². The van der Waals surface area contributed by atoms with Crippen molar-refractivity contribution < 1.29 is 27.9 Å². The number of halogens is 3. The van der Waals surface area contributed by atoms with Gasteiger partial charge in [0.1, 0.15) is 0 Å². The average Bonchev–Trinajstić information content (AvgIpc) is 2.79. The highest BCUT2D eigenvalue weighted by atomic mass is 19.4. The molecule has 0 radical (unpaired) electrons. The normalized spacial score (nSPS) is 13.7. The predicted octanol–water partition coefficient (Wildman–Crippen LogP) is 2.50. The van der Waals surface area contributed by atoms with Crippen LogP contribution in [-0.4, -0.2) is 33.3 Å². The van der Waals surface area contributed by atoms with Crippen LogP contribution in [0.4, 0.5) is 13.2 Å². The molecule has 9 heteroatoms. The maximum absolute atomic E-state index is 13.3. The van der Waals surface area contributed by atoms with Gasteiger partial charge in [-0.25, -0.2) is 0 Å². The lowest BCUT2D eigenvalue weighted by Gasteiger charge is -2.23. The van der Waals surface area contributed by atoms with E-state index in [-0.39, 0.29) is 13.0 Å². The molecule has 2 N–H and O–H groups in total. The predicted molar refractivity (Wildman–Crippen MR) is 76.0 cm³/mol. The topological polar surface area (TPSA) is 84.2 Å². The summed E-state index contributed by atoms with van der Waals surface area (Å²) in [5.41, 5.74) is -2.64. The van der Waals surface area contributed by atoms with Crippen LogP contribution in [-0.2, 0) is 16.5 Å². The molecule has 1 heterocycles. The molecule has 1 amide bonds. The molecule has 0 aliphatic carbocycles. The first kappa shape index (κ1) is 19.0. The third-order valence-corrected chi connectivity index (χ3v) is 3.05. The second kappa shape index (κ2) is 6.59. The number of aromatic nitrogens is 2. The summed E-state index contributed by atoms with van der Waals surface area (Å²) in [6, 6.07) is 0. The summed E-state index contributed by atoms with van der Waals surface area (Å²) in [6.45, 7) is 6.18. The van der Waals surface area contributed by atoms with Crippen LogP contribution >= 0.6 is 0 Å². The van der Waals surface area contributed by atoms with E-state index in [0.29, 0.717) is 0 Å². The van der Waals surface area contributed by atoms with E-state index in [1.165, 1.54) is 0 Å². The van der Waals surface area contributed by atoms with E-state index in [2.05, 4.69) is 10.4 Å². The molecule has 1 aromatic rings. The van der Waals surface area contributed by atoms with Crippen molar-refractivity contribution in [2.45, 2.75) is 45.8 Å². The lowest BCUT2D eigenvalue weighted by Crippen LogP contribution is -2.33. The minimum Gasteiger partial charge on any atom is -0.481 e. The molecule has 130 valence electrons. The molecule has 0 aliphatic rings. The number of carboxylic acids is 1. The van der Waals surface area contributed by atoms with Crippen molar-refractivity contribution in [3.05, 3.63) is 17.5 Å². The lowest BCUT2D eigenvalue weighted by molar-refractivity contribution is -0.146. The fraction of sp³-hybridized carbons (Fsp3) is 0.643. The minimum atomic E-state index is -4.73. The van der Waals surface area contributed by atoms with Crippen molar-refractivity contribution >= 4 is 11.9 Å². The van der Waals surface area contributed by atoms with E-state index in [4.69, 9.17) is 5.11 Å². The number of carbonyl (C=O) groups excluding carboxylic acids is 1. The molecule has 0 saturated heterocycles. The van der Waals surface area contributed by atoms with Crippen LogP contribution in [0.2, 0.25) is 0 Å². The Morgan fingerprint density at radius 2 is 1.91 bits per heavy atom. The van der Waals surface area contributed by atoms with Crippen molar-refractivity contribution in [2.24, 2.45) is 5.92 Å². The highest BCUT2D eigenvalue weighted by molar-refractivity contribution is 5.95. The van der Waals surface area contributed by atoms with Crippen LogP contribution in [0.3, 0.4) is 0 Å². The zero-order valence-corrected chi connectivity index (χ0v) is 13.4. The highest BCUT2D eigenvalue weighted by Gasteiger charge is 2.42. The van der Waals surface area contributed by atoms with Crippen molar-refractivity contribution in [1.29, 1.82) is 0 Å². The molecule has 0 fully saturated rings. The number of alkyl halides is 3. The fourth-order valence-corrected chi connectivity index (χ4v) is 2.03. The second-order valence-corrected chi connectivity index (χ2v) is 6.40. The molecular weight excluding hydrogens is 315 g/mol. The number of nitrogens with one attached hydrogen (secondary N) is 1. The van der Waals surface area contributed by atoms with Crippen LogP contribution in [0.15, 0.2) is 6.20 Å². The monoisotopic (exact) mass is 335 g/mol. The summed E-state index contributed by atoms with van der Waals surface area (Å²) in [6.07, 6.45) is -4.04. The van der Waals surface area contributed by atoms with E-state index in [0.717, 1.165) is 10.9 Å². The van der Waals surface area contributed by atoms with Gasteiger partial charge in [-0.3, -0.25) is 14.3 Å². The Hall–Kier alpha value is -2.06. The van der Waals surface area contributed by atoms with Crippen molar-refractivity contribution in [3.63, 3.8) is 0 Å². The number of amides is 1. The minimum absolute atomic E-state index is 0.0386. The Kier molecular flexibility index (Phi) is 5.44. The van der Waals surface area contributed by atoms with E-state index in [9.17, 15) is 22.8 Å². The molecule has 23 heavy (non-hydrogen) atoms. The summed E-state index contributed by atoms with van der Waals surface area (Å²) in [5, 5.41) is 14.7. The number of aliphatic carboxylic acids is 1. The molecule has 1 aromatic heterocycles. The van der Waals surface area contributed by atoms with E-state index >= 15 is 0 Å². The standard InChI is InChI=1S/C14H20F3N3O3/c1-8(5-10(21)22)6-18-12(23)9-7-19-20(13(2,3)4)11(9)14(15,16)17/h7-8H,5-6H2,1-4H3,(H,18,23)(H,21,22). The second-order valence-electron chi connectivity index (χ2n) is 6.40. The Bertz CT molecular complexity index is 588. The lowest BCUT2D eigenvalue weighted by atomic mass is 10.1. The molecule has 1 unspecified atom stereocenters. The van der Waals surface area contributed by atoms with E-state index in [1.807, 2.05) is 0 Å². The summed E-state index contributed by atoms with van der Waals surface area (Å²) in [5.74, 6) is -2.36. The zero-order chi connectivity index (χ0) is 18.0. The maximum atomic E-state index is 13.3. The van der Waals surface area contributed by atoms with Crippen molar-refractivity contribution in [3.8, 4) is 0 Å². The molecule has 1 rings (SSSR count). The van der Waals surface area contributed by atoms with E-state index < -0.39 is 40.8 Å². The van der Waals surface area contributed by atoms with Gasteiger partial charge in [0.2, 0.25) is 0 Å². The summed E-state index contributed by atoms with van der Waals surface area (Å²) in [4.78, 5) is 22.6. The first-order chi connectivity index (χ1) is 10.3. The molecule has 0 saturated carbocycles. The third kappa shape index (κ3) is 4.97. The molecule has 0 spiro atoms. The van der Waals surface area contributed by atoms with Crippen molar-refractivity contribution in [1.82, 2.24) is 15.1 Å². The zero-order valence-electron chi connectivity index (χ0n) is 13.4. The van der Waals surface area contributed by atoms with Crippen molar-refractivity contribution in [2.75, 3.05) is 6.54 Å². The average molecular weight is 335 g/mol. The molecule has 1 atom stereocenters. The van der Waals surface area contributed by atoms with Gasteiger partial charge in [-0.15, -0.1) is 0 Å². The number of nitrogens with zero attached hydrogens (tertiary/aromatic N) is 2. The fourth-order valence-electron chi connectivity index (χ4n) is 2.03. The largest absolute Gasteiger partial charge is 0.481 e. The first-order valence-electron chi connectivity index (χ1n) is 6.99. The third-order valence-electron chi connectivity index (χ3n) is 3.05. The van der Waals surface area contributed by atoms with Crippen LogP contribution in [0.1, 0.15) is 50.2 Å². The number of hydrogen-bond acceptors (Lipinski definition) is 3.